The molecule has 1 unspecified atom stereocenters. The lowest BCUT2D eigenvalue weighted by atomic mass is 9.96. The molecule has 4 rings (SSSR count). The molecule has 0 radical (unpaired) electrons. The third-order valence-electron chi connectivity index (χ3n) is 6.47. The number of nitrogens with two attached hydrogens (primary N) is 1. The number of carbonyl (C=O) groups is 2. The average molecular weight is 524 g/mol. The van der Waals surface area contributed by atoms with Crippen molar-refractivity contribution < 1.29 is 19.4 Å². The Morgan fingerprint density at radius 2 is 1.67 bits per heavy atom. The molecule has 0 heterocycles. The highest BCUT2D eigenvalue weighted by Gasteiger charge is 2.28. The van der Waals surface area contributed by atoms with Gasteiger partial charge < -0.3 is 15.6 Å². The summed E-state index contributed by atoms with van der Waals surface area (Å²) >= 11 is 12.6. The monoisotopic (exact) mass is 523 g/mol. The fourth-order valence-electron chi connectivity index (χ4n) is 4.47. The number of carboxylic acids is 1. The van der Waals surface area contributed by atoms with Gasteiger partial charge in [-0.15, -0.1) is 0 Å². The van der Waals surface area contributed by atoms with E-state index >= 15 is 0 Å². The van der Waals surface area contributed by atoms with Crippen molar-refractivity contribution in [3.05, 3.63) is 93.0 Å². The molecule has 7 heteroatoms. The minimum Gasteiger partial charge on any atom is -0.489 e. The van der Waals surface area contributed by atoms with Crippen molar-refractivity contribution in [1.29, 1.82) is 0 Å². The zero-order valence-electron chi connectivity index (χ0n) is 20.1. The van der Waals surface area contributed by atoms with Gasteiger partial charge in [-0.1, -0.05) is 73.4 Å². The SMILES string of the molecule is CC(C)C(=O)/C(COc1ccc(-c2ccc3c(c2)C(C(=O)O)CC3)cc1)=C(\N)c1c(Cl)cccc1Cl. The highest BCUT2D eigenvalue weighted by atomic mass is 35.5. The van der Waals surface area contributed by atoms with Crippen LogP contribution in [0.5, 0.6) is 5.75 Å². The number of benzene rings is 3. The molecule has 1 aliphatic rings. The van der Waals surface area contributed by atoms with Crippen molar-refractivity contribution in [2.45, 2.75) is 32.6 Å². The molecule has 0 amide bonds. The summed E-state index contributed by atoms with van der Waals surface area (Å²) in [6.07, 6.45) is 1.42. The summed E-state index contributed by atoms with van der Waals surface area (Å²) in [5, 5.41) is 10.2. The Kier molecular flexibility index (Phi) is 7.72. The maximum Gasteiger partial charge on any atom is 0.310 e. The number of carbonyl (C=O) groups excluding carboxylic acids is 1. The number of hydrogen-bond acceptors (Lipinski definition) is 4. The third kappa shape index (κ3) is 5.28. The number of aryl methyl sites for hydroxylation is 1. The Labute approximate surface area is 220 Å². The van der Waals surface area contributed by atoms with E-state index in [-0.39, 0.29) is 24.0 Å². The molecule has 0 saturated heterocycles. The Hall–Kier alpha value is -3.28. The number of fused-ring (bicyclic) bond motifs is 1. The highest BCUT2D eigenvalue weighted by Crippen LogP contribution is 2.36. The quantitative estimate of drug-likeness (QED) is 0.318. The average Bonchev–Trinajstić information content (AvgIpc) is 3.28. The molecule has 186 valence electrons. The number of carboxylic acid groups (broad SMARTS) is 1. The number of ether oxygens (including phenoxy) is 1. The van der Waals surface area contributed by atoms with Crippen LogP contribution < -0.4 is 10.5 Å². The van der Waals surface area contributed by atoms with Gasteiger partial charge in [0.05, 0.1) is 27.2 Å². The van der Waals surface area contributed by atoms with Gasteiger partial charge in [-0.05, 0) is 59.4 Å². The molecule has 0 saturated carbocycles. The molecule has 0 fully saturated rings. The summed E-state index contributed by atoms with van der Waals surface area (Å²) in [5.74, 6) is -1.11. The van der Waals surface area contributed by atoms with E-state index in [1.807, 2.05) is 42.5 Å². The minimum absolute atomic E-state index is 0.0388. The maximum absolute atomic E-state index is 13.0. The first-order chi connectivity index (χ1) is 17.2. The number of ketones is 1. The van der Waals surface area contributed by atoms with Crippen LogP contribution in [0.1, 0.15) is 42.9 Å². The predicted octanol–water partition coefficient (Wildman–Crippen LogP) is 6.75. The summed E-state index contributed by atoms with van der Waals surface area (Å²) in [6, 6.07) is 18.5. The zero-order chi connectivity index (χ0) is 26.0. The standard InChI is InChI=1S/C29H27Cl2NO4/c1-16(2)28(33)23(27(32)26-24(30)4-3-5-25(26)31)15-36-20-11-8-17(9-12-20)19-7-6-18-10-13-21(29(34)35)22(18)14-19/h3-9,11-12,14,16,21H,10,13,15,32H2,1-2H3,(H,34,35)/b27-23-. The van der Waals surface area contributed by atoms with E-state index in [2.05, 4.69) is 0 Å². The van der Waals surface area contributed by atoms with Crippen LogP contribution in [0.3, 0.4) is 0 Å². The van der Waals surface area contributed by atoms with Crippen molar-refractivity contribution >= 4 is 40.7 Å². The van der Waals surface area contributed by atoms with Crippen LogP contribution in [0.2, 0.25) is 10.0 Å². The highest BCUT2D eigenvalue weighted by molar-refractivity contribution is 6.37. The molecule has 1 atom stereocenters. The van der Waals surface area contributed by atoms with Crippen LogP contribution in [-0.2, 0) is 16.0 Å². The van der Waals surface area contributed by atoms with E-state index in [0.717, 1.165) is 28.7 Å². The second kappa shape index (κ2) is 10.8. The molecule has 0 aliphatic heterocycles. The first kappa shape index (κ1) is 25.8. The molecule has 0 spiro atoms. The van der Waals surface area contributed by atoms with Crippen LogP contribution in [0.4, 0.5) is 0 Å². The molecule has 36 heavy (non-hydrogen) atoms. The van der Waals surface area contributed by atoms with Gasteiger partial charge in [0.25, 0.3) is 0 Å². The summed E-state index contributed by atoms with van der Waals surface area (Å²) in [7, 11) is 0. The zero-order valence-corrected chi connectivity index (χ0v) is 21.6. The number of Topliss-reactive ketones (excluding diaryl/α,β-unsaturated/α-hetero) is 1. The van der Waals surface area contributed by atoms with Crippen LogP contribution in [-0.4, -0.2) is 23.5 Å². The topological polar surface area (TPSA) is 89.6 Å². The number of aliphatic carboxylic acids is 1. The van der Waals surface area contributed by atoms with E-state index < -0.39 is 11.9 Å². The molecule has 3 aromatic carbocycles. The first-order valence-electron chi connectivity index (χ1n) is 11.7. The van der Waals surface area contributed by atoms with Gasteiger partial charge in [0.15, 0.2) is 5.78 Å². The third-order valence-corrected chi connectivity index (χ3v) is 7.10. The normalized spacial score (nSPS) is 15.4. The molecule has 0 aromatic heterocycles. The summed E-state index contributed by atoms with van der Waals surface area (Å²) in [6.45, 7) is 3.55. The van der Waals surface area contributed by atoms with Crippen LogP contribution >= 0.6 is 23.2 Å². The summed E-state index contributed by atoms with van der Waals surface area (Å²) in [4.78, 5) is 24.5. The molecular weight excluding hydrogens is 497 g/mol. The molecule has 1 aliphatic carbocycles. The summed E-state index contributed by atoms with van der Waals surface area (Å²) < 4.78 is 5.95. The van der Waals surface area contributed by atoms with Crippen LogP contribution in [0, 0.1) is 5.92 Å². The molecule has 5 nitrogen and oxygen atoms in total. The van der Waals surface area contributed by atoms with Crippen LogP contribution in [0.25, 0.3) is 16.8 Å². The maximum atomic E-state index is 13.0. The van der Waals surface area contributed by atoms with Crippen molar-refractivity contribution in [1.82, 2.24) is 0 Å². The van der Waals surface area contributed by atoms with E-state index in [1.54, 1.807) is 32.0 Å². The molecule has 3 aromatic rings. The van der Waals surface area contributed by atoms with Gasteiger partial charge in [0, 0.05) is 11.5 Å². The lowest BCUT2D eigenvalue weighted by Gasteiger charge is -2.16. The Bertz CT molecular complexity index is 1330. The lowest BCUT2D eigenvalue weighted by molar-refractivity contribution is -0.138. The van der Waals surface area contributed by atoms with Crippen LogP contribution in [0.15, 0.2) is 66.2 Å². The van der Waals surface area contributed by atoms with Gasteiger partial charge >= 0.3 is 5.97 Å². The Morgan fingerprint density at radius 1 is 1.03 bits per heavy atom. The van der Waals surface area contributed by atoms with Crippen molar-refractivity contribution in [3.8, 4) is 16.9 Å². The van der Waals surface area contributed by atoms with Gasteiger partial charge in [0.2, 0.25) is 0 Å². The lowest BCUT2D eigenvalue weighted by Crippen LogP contribution is -2.21. The minimum atomic E-state index is -0.785. The second-order valence-corrected chi connectivity index (χ2v) is 9.98. The Balaban J connectivity index is 1.57. The molecular formula is C29H27Cl2NO4. The van der Waals surface area contributed by atoms with Gasteiger partial charge in [-0.3, -0.25) is 9.59 Å². The van der Waals surface area contributed by atoms with Gasteiger partial charge in [-0.2, -0.15) is 0 Å². The smallest absolute Gasteiger partial charge is 0.310 e. The fourth-order valence-corrected chi connectivity index (χ4v) is 5.07. The largest absolute Gasteiger partial charge is 0.489 e. The predicted molar refractivity (Wildman–Crippen MR) is 143 cm³/mol. The number of rotatable bonds is 8. The van der Waals surface area contributed by atoms with E-state index in [9.17, 15) is 14.7 Å². The van der Waals surface area contributed by atoms with E-state index in [0.29, 0.717) is 33.4 Å². The summed E-state index contributed by atoms with van der Waals surface area (Å²) in [5.41, 5.74) is 11.2. The first-order valence-corrected chi connectivity index (χ1v) is 12.5. The number of halogens is 2. The second-order valence-electron chi connectivity index (χ2n) is 9.16. The molecule has 0 bridgehead atoms. The van der Waals surface area contributed by atoms with Crippen molar-refractivity contribution in [2.24, 2.45) is 11.7 Å². The van der Waals surface area contributed by atoms with E-state index in [1.165, 1.54) is 0 Å². The fraction of sp³-hybridized carbons (Fsp3) is 0.241. The van der Waals surface area contributed by atoms with Crippen molar-refractivity contribution in [2.75, 3.05) is 6.61 Å². The van der Waals surface area contributed by atoms with Gasteiger partial charge in [0.1, 0.15) is 12.4 Å². The van der Waals surface area contributed by atoms with E-state index in [4.69, 9.17) is 33.7 Å². The Morgan fingerprint density at radius 3 is 2.28 bits per heavy atom. The number of hydrogen-bond donors (Lipinski definition) is 2. The molecule has 3 N–H and O–H groups in total. The van der Waals surface area contributed by atoms with Gasteiger partial charge in [-0.25, -0.2) is 0 Å². The van der Waals surface area contributed by atoms with Crippen molar-refractivity contribution in [3.63, 3.8) is 0 Å².